The minimum atomic E-state index is -0.246. The fraction of sp³-hybridized carbons (Fsp3) is 0.188. The number of hydrogen-bond donors (Lipinski definition) is 2. The highest BCUT2D eigenvalue weighted by molar-refractivity contribution is 9.10. The Kier molecular flexibility index (Phi) is 5.47. The summed E-state index contributed by atoms with van der Waals surface area (Å²) in [4.78, 5) is 13.0. The molecule has 0 spiro atoms. The largest absolute Gasteiger partial charge is 0.326 e. The Morgan fingerprint density at radius 1 is 1.14 bits per heavy atom. The molecule has 0 fully saturated rings. The Bertz CT molecular complexity index is 599. The number of halogens is 2. The number of rotatable bonds is 5. The molecule has 0 heterocycles. The van der Waals surface area contributed by atoms with Crippen LogP contribution in [0.5, 0.6) is 0 Å². The third-order valence-electron chi connectivity index (χ3n) is 3.01. The van der Waals surface area contributed by atoms with E-state index in [0.29, 0.717) is 13.1 Å². The number of benzene rings is 2. The first kappa shape index (κ1) is 15.7. The van der Waals surface area contributed by atoms with Gasteiger partial charge in [-0.3, -0.25) is 4.79 Å². The molecule has 110 valence electrons. The highest BCUT2D eigenvalue weighted by Crippen LogP contribution is 2.13. The van der Waals surface area contributed by atoms with Crippen LogP contribution in [0.2, 0.25) is 0 Å². The Morgan fingerprint density at radius 2 is 1.76 bits per heavy atom. The molecular weight excluding hydrogens is 335 g/mol. The van der Waals surface area contributed by atoms with Crippen LogP contribution in [-0.4, -0.2) is 19.5 Å². The molecule has 21 heavy (non-hydrogen) atoms. The normalized spacial score (nSPS) is 12.0. The molecule has 3 nitrogen and oxygen atoms in total. The van der Waals surface area contributed by atoms with Crippen molar-refractivity contribution in [2.45, 2.75) is 6.54 Å². The second-order valence-electron chi connectivity index (χ2n) is 4.99. The number of carbonyl (C=O) groups excluding carboxylic acids is 1. The van der Waals surface area contributed by atoms with Gasteiger partial charge in [0.15, 0.2) is 6.54 Å². The second-order valence-corrected chi connectivity index (χ2v) is 5.91. The van der Waals surface area contributed by atoms with Crippen LogP contribution in [0.4, 0.5) is 10.1 Å². The first-order valence-corrected chi connectivity index (χ1v) is 7.43. The van der Waals surface area contributed by atoms with Crippen LogP contribution in [0.3, 0.4) is 0 Å². The van der Waals surface area contributed by atoms with Gasteiger partial charge in [0.2, 0.25) is 0 Å². The van der Waals surface area contributed by atoms with E-state index in [9.17, 15) is 9.18 Å². The molecule has 2 aromatic rings. The van der Waals surface area contributed by atoms with E-state index in [0.717, 1.165) is 20.6 Å². The topological polar surface area (TPSA) is 33.5 Å². The van der Waals surface area contributed by atoms with E-state index in [1.54, 1.807) is 12.1 Å². The van der Waals surface area contributed by atoms with Crippen molar-refractivity contribution in [3.8, 4) is 0 Å². The van der Waals surface area contributed by atoms with Gasteiger partial charge in [-0.15, -0.1) is 0 Å². The number of quaternary nitrogens is 1. The quantitative estimate of drug-likeness (QED) is 0.850. The maximum atomic E-state index is 12.8. The fourth-order valence-electron chi connectivity index (χ4n) is 2.03. The Hall–Kier alpha value is -1.72. The minimum Gasteiger partial charge on any atom is -0.326 e. The van der Waals surface area contributed by atoms with Crippen LogP contribution in [0, 0.1) is 5.82 Å². The SMILES string of the molecule is C[NH+](CC(=O)Nc1ccc(Br)cc1)Cc1ccc(F)cc1. The molecule has 2 N–H and O–H groups in total. The van der Waals surface area contributed by atoms with Gasteiger partial charge in [0.25, 0.3) is 5.91 Å². The van der Waals surface area contributed by atoms with Gasteiger partial charge in [-0.2, -0.15) is 0 Å². The molecule has 0 aliphatic carbocycles. The van der Waals surface area contributed by atoms with Gasteiger partial charge in [0, 0.05) is 15.7 Å². The lowest BCUT2D eigenvalue weighted by Gasteiger charge is -2.14. The summed E-state index contributed by atoms with van der Waals surface area (Å²) in [6, 6.07) is 13.8. The van der Waals surface area contributed by atoms with Crippen molar-refractivity contribution in [2.75, 3.05) is 18.9 Å². The summed E-state index contributed by atoms with van der Waals surface area (Å²) < 4.78 is 13.8. The van der Waals surface area contributed by atoms with Crippen molar-refractivity contribution >= 4 is 27.5 Å². The molecule has 1 atom stereocenters. The highest BCUT2D eigenvalue weighted by atomic mass is 79.9. The van der Waals surface area contributed by atoms with Gasteiger partial charge < -0.3 is 10.2 Å². The predicted octanol–water partition coefficient (Wildman–Crippen LogP) is 2.24. The Labute approximate surface area is 131 Å². The fourth-order valence-corrected chi connectivity index (χ4v) is 2.29. The molecule has 0 bridgehead atoms. The average molecular weight is 352 g/mol. The monoisotopic (exact) mass is 351 g/mol. The molecule has 0 aromatic heterocycles. The van der Waals surface area contributed by atoms with Crippen molar-refractivity contribution < 1.29 is 14.1 Å². The van der Waals surface area contributed by atoms with Crippen molar-refractivity contribution in [1.29, 1.82) is 0 Å². The first-order chi connectivity index (χ1) is 10.0. The Balaban J connectivity index is 1.84. The molecule has 2 rings (SSSR count). The molecule has 5 heteroatoms. The van der Waals surface area contributed by atoms with Gasteiger partial charge >= 0.3 is 0 Å². The molecule has 1 amide bonds. The molecule has 0 radical (unpaired) electrons. The summed E-state index contributed by atoms with van der Waals surface area (Å²) >= 11 is 3.35. The number of hydrogen-bond acceptors (Lipinski definition) is 1. The summed E-state index contributed by atoms with van der Waals surface area (Å²) in [7, 11) is 1.94. The zero-order chi connectivity index (χ0) is 15.2. The maximum absolute atomic E-state index is 12.8. The third kappa shape index (κ3) is 5.28. The number of amides is 1. The summed E-state index contributed by atoms with van der Waals surface area (Å²) in [6.45, 7) is 1.03. The highest BCUT2D eigenvalue weighted by Gasteiger charge is 2.10. The van der Waals surface area contributed by atoms with Crippen molar-refractivity contribution in [3.63, 3.8) is 0 Å². The zero-order valence-electron chi connectivity index (χ0n) is 11.7. The van der Waals surface area contributed by atoms with Crippen molar-refractivity contribution in [2.24, 2.45) is 0 Å². The van der Waals surface area contributed by atoms with Crippen LogP contribution >= 0.6 is 15.9 Å². The second kappa shape index (κ2) is 7.33. The van der Waals surface area contributed by atoms with Crippen molar-refractivity contribution in [3.05, 3.63) is 64.4 Å². The standard InChI is InChI=1S/C16H16BrFN2O/c1-20(10-12-2-6-14(18)7-3-12)11-16(21)19-15-8-4-13(17)5-9-15/h2-9H,10-11H2,1H3,(H,19,21)/p+1. The lowest BCUT2D eigenvalue weighted by molar-refractivity contribution is -0.885. The number of anilines is 1. The molecule has 0 aliphatic heterocycles. The van der Waals surface area contributed by atoms with Gasteiger partial charge in [-0.25, -0.2) is 4.39 Å². The molecule has 2 aromatic carbocycles. The van der Waals surface area contributed by atoms with Gasteiger partial charge in [-0.1, -0.05) is 28.1 Å². The maximum Gasteiger partial charge on any atom is 0.279 e. The van der Waals surface area contributed by atoms with E-state index in [2.05, 4.69) is 21.2 Å². The van der Waals surface area contributed by atoms with E-state index in [4.69, 9.17) is 0 Å². The minimum absolute atomic E-state index is 0.0445. The predicted molar refractivity (Wildman–Crippen MR) is 84.6 cm³/mol. The smallest absolute Gasteiger partial charge is 0.279 e. The van der Waals surface area contributed by atoms with E-state index >= 15 is 0 Å². The molecular formula is C16H17BrFN2O+. The summed E-state index contributed by atoms with van der Waals surface area (Å²) in [5.74, 6) is -0.290. The summed E-state index contributed by atoms with van der Waals surface area (Å²) in [5, 5.41) is 2.85. The lowest BCUT2D eigenvalue weighted by atomic mass is 10.2. The lowest BCUT2D eigenvalue weighted by Crippen LogP contribution is -3.08. The average Bonchev–Trinajstić information content (AvgIpc) is 2.44. The number of nitrogens with one attached hydrogen (secondary N) is 2. The van der Waals surface area contributed by atoms with Crippen LogP contribution < -0.4 is 10.2 Å². The van der Waals surface area contributed by atoms with Crippen molar-refractivity contribution in [1.82, 2.24) is 0 Å². The summed E-state index contributed by atoms with van der Waals surface area (Å²) in [6.07, 6.45) is 0. The number of likely N-dealkylation sites (N-methyl/N-ethyl adjacent to an activating group) is 1. The molecule has 1 unspecified atom stereocenters. The molecule has 0 saturated carbocycles. The summed E-state index contributed by atoms with van der Waals surface area (Å²) in [5.41, 5.74) is 1.78. The number of carbonyl (C=O) groups is 1. The van der Waals surface area contributed by atoms with Gasteiger partial charge in [0.05, 0.1) is 7.05 Å². The van der Waals surface area contributed by atoms with E-state index in [1.165, 1.54) is 12.1 Å². The van der Waals surface area contributed by atoms with Crippen LogP contribution in [0.25, 0.3) is 0 Å². The molecule has 0 aliphatic rings. The van der Waals surface area contributed by atoms with Gasteiger partial charge in [-0.05, 0) is 36.4 Å². The van der Waals surface area contributed by atoms with Crippen LogP contribution in [0.15, 0.2) is 53.0 Å². The third-order valence-corrected chi connectivity index (χ3v) is 3.54. The van der Waals surface area contributed by atoms with Crippen LogP contribution in [-0.2, 0) is 11.3 Å². The van der Waals surface area contributed by atoms with E-state index < -0.39 is 0 Å². The zero-order valence-corrected chi connectivity index (χ0v) is 13.3. The van der Waals surface area contributed by atoms with Crippen LogP contribution in [0.1, 0.15) is 5.56 Å². The Morgan fingerprint density at radius 3 is 2.38 bits per heavy atom. The van der Waals surface area contributed by atoms with E-state index in [1.807, 2.05) is 31.3 Å². The molecule has 0 saturated heterocycles. The first-order valence-electron chi connectivity index (χ1n) is 6.64. The van der Waals surface area contributed by atoms with E-state index in [-0.39, 0.29) is 11.7 Å². The van der Waals surface area contributed by atoms with Gasteiger partial charge in [0.1, 0.15) is 12.4 Å².